The molecule has 1 aliphatic heterocycles. The van der Waals surface area contributed by atoms with Gasteiger partial charge in [-0.15, -0.1) is 0 Å². The van der Waals surface area contributed by atoms with Gasteiger partial charge in [0.05, 0.1) is 17.2 Å². The highest BCUT2D eigenvalue weighted by atomic mass is 16.7. The molecule has 5 rings (SSSR count). The van der Waals surface area contributed by atoms with Crippen LogP contribution in [0, 0.1) is 0 Å². The number of ether oxygens (including phenoxy) is 6. The fourth-order valence-electron chi connectivity index (χ4n) is 6.53. The van der Waals surface area contributed by atoms with Crippen LogP contribution in [0.4, 0.5) is 0 Å². The number of phenolic OH excluding ortho intramolecular Hbond substituents is 2. The van der Waals surface area contributed by atoms with E-state index in [4.69, 9.17) is 28.4 Å². The summed E-state index contributed by atoms with van der Waals surface area (Å²) >= 11 is 0. The van der Waals surface area contributed by atoms with Crippen LogP contribution in [0.2, 0.25) is 0 Å². The van der Waals surface area contributed by atoms with Crippen LogP contribution >= 0.6 is 0 Å². The van der Waals surface area contributed by atoms with E-state index in [2.05, 4.69) is 0 Å². The molecule has 1 fully saturated rings. The van der Waals surface area contributed by atoms with Crippen molar-refractivity contribution in [1.82, 2.24) is 0 Å². The van der Waals surface area contributed by atoms with Gasteiger partial charge in [0.2, 0.25) is 0 Å². The molecular formula is C34H34O16. The second-order valence-corrected chi connectivity index (χ2v) is 12.2. The van der Waals surface area contributed by atoms with Crippen LogP contribution in [0.15, 0.2) is 24.3 Å². The van der Waals surface area contributed by atoms with Crippen LogP contribution in [0.5, 0.6) is 11.5 Å². The predicted octanol–water partition coefficient (Wildman–Crippen LogP) is 1.28. The molecule has 0 radical (unpaired) electrons. The lowest BCUT2D eigenvalue weighted by Crippen LogP contribution is -2.63. The normalized spacial score (nSPS) is 26.8. The molecule has 2 aromatic rings. The lowest BCUT2D eigenvalue weighted by Gasteiger charge is -2.46. The van der Waals surface area contributed by atoms with Crippen molar-refractivity contribution in [1.29, 1.82) is 0 Å². The number of rotatable bonds is 8. The van der Waals surface area contributed by atoms with Gasteiger partial charge < -0.3 is 43.7 Å². The third-order valence-electron chi connectivity index (χ3n) is 8.68. The molecule has 0 bridgehead atoms. The lowest BCUT2D eigenvalue weighted by molar-refractivity contribution is -0.320. The lowest BCUT2D eigenvalue weighted by atomic mass is 9.72. The number of ketones is 3. The molecule has 266 valence electrons. The third kappa shape index (κ3) is 6.56. The molecule has 0 spiro atoms. The quantitative estimate of drug-likeness (QED) is 0.171. The Morgan fingerprint density at radius 3 is 1.82 bits per heavy atom. The monoisotopic (exact) mass is 698 g/mol. The van der Waals surface area contributed by atoms with Crippen LogP contribution in [0.1, 0.15) is 90.1 Å². The molecule has 0 amide bonds. The first-order valence-electron chi connectivity index (χ1n) is 15.4. The average Bonchev–Trinajstić information content (AvgIpc) is 3.02. The van der Waals surface area contributed by atoms with Crippen LogP contribution in [-0.2, 0) is 58.8 Å². The molecule has 2 aromatic carbocycles. The van der Waals surface area contributed by atoms with E-state index in [9.17, 15) is 48.9 Å². The Hall–Kier alpha value is -5.19. The number of carbonyl (C=O) groups is 7. The van der Waals surface area contributed by atoms with Crippen molar-refractivity contribution in [3.63, 3.8) is 0 Å². The second-order valence-electron chi connectivity index (χ2n) is 12.2. The summed E-state index contributed by atoms with van der Waals surface area (Å²) in [5.74, 6) is -7.45. The maximum atomic E-state index is 13.7. The Kier molecular flexibility index (Phi) is 9.83. The Labute approximate surface area is 284 Å². The van der Waals surface area contributed by atoms with E-state index < -0.39 is 126 Å². The maximum absolute atomic E-state index is 13.7. The number of esters is 4. The van der Waals surface area contributed by atoms with E-state index in [0.29, 0.717) is 0 Å². The van der Waals surface area contributed by atoms with Gasteiger partial charge in [0.15, 0.2) is 42.0 Å². The van der Waals surface area contributed by atoms with Crippen molar-refractivity contribution >= 4 is 41.2 Å². The van der Waals surface area contributed by atoms with Gasteiger partial charge in [-0.2, -0.15) is 0 Å². The average molecular weight is 699 g/mol. The van der Waals surface area contributed by atoms with Crippen molar-refractivity contribution < 1.29 is 77.3 Å². The first-order valence-corrected chi connectivity index (χ1v) is 15.4. The molecule has 16 heteroatoms. The summed E-state index contributed by atoms with van der Waals surface area (Å²) in [6, 6.07) is 5.76. The Morgan fingerprint density at radius 2 is 1.30 bits per heavy atom. The summed E-state index contributed by atoms with van der Waals surface area (Å²) in [5.41, 5.74) is -4.03. The number of hydrogen-bond donors (Lipinski definition) is 3. The number of fused-ring (bicyclic) bond motifs is 3. The van der Waals surface area contributed by atoms with E-state index in [1.54, 1.807) is 0 Å². The molecule has 1 saturated heterocycles. The van der Waals surface area contributed by atoms with Gasteiger partial charge in [0, 0.05) is 62.8 Å². The van der Waals surface area contributed by atoms with Gasteiger partial charge in [0.25, 0.3) is 0 Å². The summed E-state index contributed by atoms with van der Waals surface area (Å²) in [6.07, 6.45) is -11.0. The fourth-order valence-corrected chi connectivity index (χ4v) is 6.53. The first-order chi connectivity index (χ1) is 23.4. The molecule has 0 unspecified atom stereocenters. The minimum Gasteiger partial charge on any atom is -0.507 e. The van der Waals surface area contributed by atoms with Crippen molar-refractivity contribution in [3.8, 4) is 11.5 Å². The summed E-state index contributed by atoms with van der Waals surface area (Å²) in [4.78, 5) is 88.5. The molecule has 3 aliphatic rings. The van der Waals surface area contributed by atoms with Crippen molar-refractivity contribution in [3.05, 3.63) is 57.6 Å². The van der Waals surface area contributed by atoms with Gasteiger partial charge in [-0.05, 0) is 6.92 Å². The topological polar surface area (TPSA) is 236 Å². The van der Waals surface area contributed by atoms with Gasteiger partial charge in [-0.3, -0.25) is 33.6 Å². The Bertz CT molecular complexity index is 1810. The van der Waals surface area contributed by atoms with Crippen molar-refractivity contribution in [2.45, 2.75) is 89.9 Å². The zero-order chi connectivity index (χ0) is 36.8. The number of benzene rings is 2. The highest BCUT2D eigenvalue weighted by molar-refractivity contribution is 6.30. The van der Waals surface area contributed by atoms with Crippen LogP contribution in [-0.4, -0.2) is 99.5 Å². The molecule has 50 heavy (non-hydrogen) atoms. The molecule has 2 aliphatic carbocycles. The van der Waals surface area contributed by atoms with Gasteiger partial charge in [0.1, 0.15) is 29.8 Å². The largest absolute Gasteiger partial charge is 0.507 e. The van der Waals surface area contributed by atoms with Gasteiger partial charge >= 0.3 is 23.9 Å². The summed E-state index contributed by atoms with van der Waals surface area (Å²) in [6.45, 7) is 4.63. The zero-order valence-electron chi connectivity index (χ0n) is 27.5. The molecule has 16 nitrogen and oxygen atoms in total. The van der Waals surface area contributed by atoms with E-state index in [-0.39, 0.29) is 22.3 Å². The molecule has 7 atom stereocenters. The highest BCUT2D eigenvalue weighted by Crippen LogP contribution is 2.52. The van der Waals surface area contributed by atoms with Gasteiger partial charge in [-0.1, -0.05) is 24.3 Å². The number of carbonyl (C=O) groups excluding carboxylic acids is 7. The Balaban J connectivity index is 1.68. The standard InChI is InChI=1S/C34H34O16/c1-13(35)34(44)10-20-23(29(43)25-24(28(20)42)26(40)18-8-6-7-9-19(18)27(25)41)21(11-34)49-33-32(48-17(5)39)31(47-16(4)38)30(46-15(3)37)22(50-33)12-45-14(2)36/h6-9,21-22,30-33,42-44H,10-12H2,1-5H3/t21-,22+,30+,31-,32+,33+,34-/m0/s1. The maximum Gasteiger partial charge on any atom is 0.303 e. The second kappa shape index (κ2) is 13.6. The summed E-state index contributed by atoms with van der Waals surface area (Å²) in [7, 11) is 0. The van der Waals surface area contributed by atoms with Crippen molar-refractivity contribution in [2.24, 2.45) is 0 Å². The summed E-state index contributed by atoms with van der Waals surface area (Å²) in [5, 5.41) is 34.8. The number of Topliss-reactive ketones (excluding diaryl/α,β-unsaturated/α-hetero) is 1. The minimum atomic E-state index is -2.27. The molecule has 0 aromatic heterocycles. The molecule has 1 heterocycles. The van der Waals surface area contributed by atoms with E-state index in [0.717, 1.165) is 34.6 Å². The van der Waals surface area contributed by atoms with Crippen LogP contribution in [0.3, 0.4) is 0 Å². The van der Waals surface area contributed by atoms with Crippen LogP contribution < -0.4 is 0 Å². The molecular weight excluding hydrogens is 664 g/mol. The number of aromatic hydroxyl groups is 2. The Morgan fingerprint density at radius 1 is 0.780 bits per heavy atom. The van der Waals surface area contributed by atoms with Gasteiger partial charge in [-0.25, -0.2) is 0 Å². The smallest absolute Gasteiger partial charge is 0.303 e. The predicted molar refractivity (Wildman–Crippen MR) is 163 cm³/mol. The molecule has 0 saturated carbocycles. The van der Waals surface area contributed by atoms with E-state index in [1.165, 1.54) is 24.3 Å². The fraction of sp³-hybridized carbons (Fsp3) is 0.441. The van der Waals surface area contributed by atoms with E-state index >= 15 is 0 Å². The van der Waals surface area contributed by atoms with E-state index in [1.807, 2.05) is 0 Å². The minimum absolute atomic E-state index is 0.0393. The number of phenols is 2. The summed E-state index contributed by atoms with van der Waals surface area (Å²) < 4.78 is 33.6. The van der Waals surface area contributed by atoms with Crippen molar-refractivity contribution in [2.75, 3.05) is 6.61 Å². The third-order valence-corrected chi connectivity index (χ3v) is 8.68. The highest BCUT2D eigenvalue weighted by Gasteiger charge is 2.55. The number of hydrogen-bond acceptors (Lipinski definition) is 16. The molecule has 3 N–H and O–H groups in total. The zero-order valence-corrected chi connectivity index (χ0v) is 27.5. The number of aliphatic hydroxyl groups is 1. The first kappa shape index (κ1) is 36.1. The SMILES string of the molecule is CC(=O)OC[C@H]1O[C@@H](O[C@H]2C[C@](O)(C(C)=O)Cc3c(O)c4c(c(O)c32)C(=O)c2ccccc2C4=O)[C@H](OC(C)=O)[C@@H](OC(C)=O)[C@@H]1OC(C)=O. The van der Waals surface area contributed by atoms with Crippen LogP contribution in [0.25, 0.3) is 0 Å².